The van der Waals surface area contributed by atoms with E-state index < -0.39 is 17.7 Å². The van der Waals surface area contributed by atoms with Crippen molar-refractivity contribution in [3.8, 4) is 0 Å². The molecule has 23 heavy (non-hydrogen) atoms. The molecule has 9 heteroatoms. The number of carbonyl (C=O) groups excluding carboxylic acids is 2. The lowest BCUT2D eigenvalue weighted by Gasteiger charge is -2.07. The largest absolute Gasteiger partial charge is 0.450 e. The van der Waals surface area contributed by atoms with Gasteiger partial charge >= 0.3 is 6.18 Å². The summed E-state index contributed by atoms with van der Waals surface area (Å²) in [7, 11) is 0. The predicted molar refractivity (Wildman–Crippen MR) is 87.3 cm³/mol. The Hall–Kier alpha value is -0.920. The van der Waals surface area contributed by atoms with E-state index in [0.717, 1.165) is 11.8 Å². The van der Waals surface area contributed by atoms with Gasteiger partial charge in [-0.25, -0.2) is 0 Å². The number of thioether (sulfide) groups is 1. The van der Waals surface area contributed by atoms with Crippen molar-refractivity contribution in [1.29, 1.82) is 0 Å². The maximum atomic E-state index is 12.0. The highest BCUT2D eigenvalue weighted by molar-refractivity contribution is 7.99. The SMILES string of the molecule is O=C(CCCCSCC(=O)C(F)(F)F)Nc1cc(Cl)cc(Cl)c1. The lowest BCUT2D eigenvalue weighted by Crippen LogP contribution is -2.24. The fourth-order valence-corrected chi connectivity index (χ4v) is 3.01. The second kappa shape index (κ2) is 9.39. The van der Waals surface area contributed by atoms with Crippen LogP contribution in [0.2, 0.25) is 10.0 Å². The number of benzene rings is 1. The summed E-state index contributed by atoms with van der Waals surface area (Å²) in [5.74, 6) is -2.17. The highest BCUT2D eigenvalue weighted by Gasteiger charge is 2.37. The van der Waals surface area contributed by atoms with E-state index in [9.17, 15) is 22.8 Å². The van der Waals surface area contributed by atoms with Gasteiger partial charge < -0.3 is 5.32 Å². The average molecular weight is 388 g/mol. The zero-order valence-corrected chi connectivity index (χ0v) is 14.2. The molecule has 0 bridgehead atoms. The molecule has 0 aliphatic heterocycles. The third-order valence-corrected chi connectivity index (χ3v) is 4.12. The van der Waals surface area contributed by atoms with E-state index in [2.05, 4.69) is 5.32 Å². The maximum absolute atomic E-state index is 12.0. The Labute approximate surface area is 145 Å². The molecule has 1 amide bonds. The number of hydrogen-bond acceptors (Lipinski definition) is 3. The Morgan fingerprint density at radius 2 is 1.70 bits per heavy atom. The normalized spacial score (nSPS) is 11.3. The Bertz CT molecular complexity index is 547. The molecule has 1 rings (SSSR count). The van der Waals surface area contributed by atoms with Crippen molar-refractivity contribution >= 4 is 52.3 Å². The molecule has 0 heterocycles. The standard InChI is InChI=1S/C14H14Cl2F3NO2S/c15-9-5-10(16)7-11(6-9)20-13(22)3-1-2-4-23-8-12(21)14(17,18)19/h5-7H,1-4,8H2,(H,20,22). The van der Waals surface area contributed by atoms with Crippen LogP contribution in [0.4, 0.5) is 18.9 Å². The first-order valence-corrected chi connectivity index (χ1v) is 8.53. The summed E-state index contributed by atoms with van der Waals surface area (Å²) in [5, 5.41) is 3.44. The molecule has 0 radical (unpaired) electrons. The van der Waals surface area contributed by atoms with Crippen LogP contribution >= 0.6 is 35.0 Å². The van der Waals surface area contributed by atoms with E-state index in [0.29, 0.717) is 34.3 Å². The Morgan fingerprint density at radius 3 is 2.26 bits per heavy atom. The van der Waals surface area contributed by atoms with Gasteiger partial charge in [0.15, 0.2) is 0 Å². The number of alkyl halides is 3. The van der Waals surface area contributed by atoms with Gasteiger partial charge in [0.25, 0.3) is 0 Å². The van der Waals surface area contributed by atoms with Crippen LogP contribution in [0.5, 0.6) is 0 Å². The van der Waals surface area contributed by atoms with Gasteiger partial charge in [-0.2, -0.15) is 24.9 Å². The van der Waals surface area contributed by atoms with E-state index in [1.807, 2.05) is 0 Å². The van der Waals surface area contributed by atoms with Crippen LogP contribution in [0.1, 0.15) is 19.3 Å². The molecule has 3 nitrogen and oxygen atoms in total. The lowest BCUT2D eigenvalue weighted by atomic mass is 10.2. The number of ketones is 1. The summed E-state index contributed by atoms with van der Waals surface area (Å²) in [4.78, 5) is 22.3. The second-order valence-corrected chi connectivity index (χ2v) is 6.61. The van der Waals surface area contributed by atoms with Crippen LogP contribution in [0.3, 0.4) is 0 Å². The molecule has 0 fully saturated rings. The molecule has 0 saturated heterocycles. The topological polar surface area (TPSA) is 46.2 Å². The fourth-order valence-electron chi connectivity index (χ4n) is 1.59. The van der Waals surface area contributed by atoms with Gasteiger partial charge in [0.05, 0.1) is 5.75 Å². The Kier molecular flexibility index (Phi) is 8.22. The van der Waals surface area contributed by atoms with Gasteiger partial charge in [0, 0.05) is 22.2 Å². The third-order valence-electron chi connectivity index (χ3n) is 2.64. The number of rotatable bonds is 8. The van der Waals surface area contributed by atoms with E-state index in [1.165, 1.54) is 6.07 Å². The molecule has 0 saturated carbocycles. The number of hydrogen-bond donors (Lipinski definition) is 1. The monoisotopic (exact) mass is 387 g/mol. The summed E-state index contributed by atoms with van der Waals surface area (Å²) in [5.41, 5.74) is 0.484. The molecular weight excluding hydrogens is 374 g/mol. The van der Waals surface area contributed by atoms with E-state index in [4.69, 9.17) is 23.2 Å². The highest BCUT2D eigenvalue weighted by Crippen LogP contribution is 2.23. The number of halogens is 5. The third kappa shape index (κ3) is 8.48. The van der Waals surface area contributed by atoms with Crippen LogP contribution in [-0.2, 0) is 9.59 Å². The van der Waals surface area contributed by atoms with Crippen molar-refractivity contribution in [3.05, 3.63) is 28.2 Å². The quantitative estimate of drug-likeness (QED) is 0.640. The minimum absolute atomic E-state index is 0.220. The first kappa shape index (κ1) is 20.1. The summed E-state index contributed by atoms with van der Waals surface area (Å²) in [6.07, 6.45) is -3.50. The second-order valence-electron chi connectivity index (χ2n) is 4.64. The van der Waals surface area contributed by atoms with E-state index >= 15 is 0 Å². The van der Waals surface area contributed by atoms with Crippen LogP contribution in [0.15, 0.2) is 18.2 Å². The zero-order chi connectivity index (χ0) is 17.5. The van der Waals surface area contributed by atoms with E-state index in [-0.39, 0.29) is 12.3 Å². The van der Waals surface area contributed by atoms with Crippen molar-refractivity contribution in [2.75, 3.05) is 16.8 Å². The molecule has 1 aromatic carbocycles. The molecule has 1 aromatic rings. The maximum Gasteiger partial charge on any atom is 0.450 e. The Morgan fingerprint density at radius 1 is 1.09 bits per heavy atom. The van der Waals surface area contributed by atoms with Crippen LogP contribution in [-0.4, -0.2) is 29.4 Å². The molecular formula is C14H14Cl2F3NO2S. The Balaban J connectivity index is 2.18. The van der Waals surface area contributed by atoms with Crippen molar-refractivity contribution < 1.29 is 22.8 Å². The average Bonchev–Trinajstić information content (AvgIpc) is 2.40. The van der Waals surface area contributed by atoms with Crippen LogP contribution in [0.25, 0.3) is 0 Å². The molecule has 1 N–H and O–H groups in total. The van der Waals surface area contributed by atoms with Gasteiger partial charge in [-0.1, -0.05) is 23.2 Å². The number of amides is 1. The van der Waals surface area contributed by atoms with Crippen molar-refractivity contribution in [3.63, 3.8) is 0 Å². The fraction of sp³-hybridized carbons (Fsp3) is 0.429. The van der Waals surface area contributed by atoms with Gasteiger partial charge in [-0.3, -0.25) is 9.59 Å². The summed E-state index contributed by atoms with van der Waals surface area (Å²) in [6.45, 7) is 0. The van der Waals surface area contributed by atoms with Crippen molar-refractivity contribution in [1.82, 2.24) is 0 Å². The van der Waals surface area contributed by atoms with Crippen molar-refractivity contribution in [2.45, 2.75) is 25.4 Å². The summed E-state index contributed by atoms with van der Waals surface area (Å²) < 4.78 is 35.9. The highest BCUT2D eigenvalue weighted by atomic mass is 35.5. The van der Waals surface area contributed by atoms with Gasteiger partial charge in [-0.05, 0) is 36.8 Å². The van der Waals surface area contributed by atoms with E-state index in [1.54, 1.807) is 12.1 Å². The smallest absolute Gasteiger partial charge is 0.326 e. The van der Waals surface area contributed by atoms with Gasteiger partial charge in [-0.15, -0.1) is 0 Å². The lowest BCUT2D eigenvalue weighted by molar-refractivity contribution is -0.167. The van der Waals surface area contributed by atoms with Gasteiger partial charge in [0.2, 0.25) is 11.7 Å². The molecule has 0 aliphatic rings. The van der Waals surface area contributed by atoms with Crippen LogP contribution < -0.4 is 5.32 Å². The molecule has 0 aromatic heterocycles. The number of carbonyl (C=O) groups is 2. The minimum Gasteiger partial charge on any atom is -0.326 e. The molecule has 0 atom stereocenters. The van der Waals surface area contributed by atoms with Crippen molar-refractivity contribution in [2.24, 2.45) is 0 Å². The zero-order valence-electron chi connectivity index (χ0n) is 11.9. The van der Waals surface area contributed by atoms with Gasteiger partial charge in [0.1, 0.15) is 0 Å². The number of nitrogens with one attached hydrogen (secondary N) is 1. The van der Waals surface area contributed by atoms with Crippen LogP contribution in [0, 0.1) is 0 Å². The molecule has 0 aliphatic carbocycles. The first-order chi connectivity index (χ1) is 10.7. The summed E-state index contributed by atoms with van der Waals surface area (Å²) >= 11 is 12.5. The minimum atomic E-state index is -4.77. The predicted octanol–water partition coefficient (Wildman–Crippen LogP) is 4.97. The number of unbranched alkanes of at least 4 members (excludes halogenated alkanes) is 1. The number of anilines is 1. The molecule has 128 valence electrons. The molecule has 0 unspecified atom stereocenters. The molecule has 0 spiro atoms. The number of Topliss-reactive ketones (excluding diaryl/α,β-unsaturated/α-hetero) is 1. The first-order valence-electron chi connectivity index (χ1n) is 6.62. The summed E-state index contributed by atoms with van der Waals surface area (Å²) in [6, 6.07) is 4.66.